The van der Waals surface area contributed by atoms with E-state index in [0.717, 1.165) is 0 Å². The molecule has 0 N–H and O–H groups in total. The van der Waals surface area contributed by atoms with Crippen LogP contribution in [0.1, 0.15) is 13.8 Å². The van der Waals surface area contributed by atoms with Crippen LogP contribution in [-0.4, -0.2) is 15.4 Å². The average molecular weight is 232 g/mol. The Balaban J connectivity index is 4.29. The zero-order valence-electron chi connectivity index (χ0n) is 6.73. The number of hydrogen-bond donors (Lipinski definition) is 0. The van der Waals surface area contributed by atoms with Crippen LogP contribution >= 0.6 is 34.8 Å². The molecule has 0 heterocycles. The molecule has 0 aliphatic heterocycles. The number of ether oxygens (including phenoxy) is 1. The predicted molar refractivity (Wildman–Crippen MR) is 50.7 cm³/mol. The number of alkyl halides is 3. The van der Waals surface area contributed by atoms with Crippen LogP contribution in [0, 0.1) is 0 Å². The van der Waals surface area contributed by atoms with Crippen LogP contribution in [0.15, 0.2) is 12.7 Å². The number of esters is 1. The smallest absolute Gasteiger partial charge is 0.359 e. The largest absolute Gasteiger partial charge is 0.452 e. The molecule has 5 heteroatoms. The van der Waals surface area contributed by atoms with E-state index in [1.165, 1.54) is 6.08 Å². The molecule has 0 atom stereocenters. The summed E-state index contributed by atoms with van der Waals surface area (Å²) in [5.41, 5.74) is -0.818. The van der Waals surface area contributed by atoms with Gasteiger partial charge in [0.2, 0.25) is 0 Å². The van der Waals surface area contributed by atoms with Gasteiger partial charge in [-0.2, -0.15) is 0 Å². The van der Waals surface area contributed by atoms with Gasteiger partial charge in [-0.25, -0.2) is 4.79 Å². The molecule has 0 bridgehead atoms. The Hall–Kier alpha value is 0.0800. The Bertz CT molecular complexity index is 193. The molecule has 2 nitrogen and oxygen atoms in total. The van der Waals surface area contributed by atoms with Crippen molar-refractivity contribution in [2.75, 3.05) is 0 Å². The summed E-state index contributed by atoms with van der Waals surface area (Å²) in [6.07, 6.45) is 1.45. The van der Waals surface area contributed by atoms with Gasteiger partial charge in [0.05, 0.1) is 0 Å². The topological polar surface area (TPSA) is 26.3 Å². The number of hydrogen-bond acceptors (Lipinski definition) is 2. The fourth-order valence-electron chi connectivity index (χ4n) is 0.338. The SMILES string of the molecule is C=CC(C)(C)OC(=O)C(Cl)(Cl)Cl. The summed E-state index contributed by atoms with van der Waals surface area (Å²) in [7, 11) is 0. The van der Waals surface area contributed by atoms with E-state index in [4.69, 9.17) is 39.5 Å². The van der Waals surface area contributed by atoms with E-state index in [2.05, 4.69) is 6.58 Å². The van der Waals surface area contributed by atoms with Gasteiger partial charge in [-0.05, 0) is 19.9 Å². The maximum absolute atomic E-state index is 11.0. The van der Waals surface area contributed by atoms with E-state index in [-0.39, 0.29) is 0 Å². The van der Waals surface area contributed by atoms with Gasteiger partial charge in [0, 0.05) is 0 Å². The third-order valence-corrected chi connectivity index (χ3v) is 1.54. The minimum Gasteiger partial charge on any atom is -0.452 e. The maximum Gasteiger partial charge on any atom is 0.359 e. The first-order chi connectivity index (χ1) is 5.19. The summed E-state index contributed by atoms with van der Waals surface area (Å²) in [6.45, 7) is 6.73. The number of rotatable bonds is 2. The zero-order valence-corrected chi connectivity index (χ0v) is 9.00. The first-order valence-corrected chi connectivity index (χ1v) is 4.26. The normalized spacial score (nSPS) is 12.4. The van der Waals surface area contributed by atoms with Crippen molar-refractivity contribution in [3.63, 3.8) is 0 Å². The second-order valence-electron chi connectivity index (χ2n) is 2.69. The highest BCUT2D eigenvalue weighted by molar-refractivity contribution is 6.75. The molecule has 0 saturated carbocycles. The molecule has 0 unspecified atom stereocenters. The summed E-state index contributed by atoms with van der Waals surface area (Å²) >= 11 is 15.8. The minimum atomic E-state index is -2.03. The van der Waals surface area contributed by atoms with Gasteiger partial charge in [-0.3, -0.25) is 0 Å². The van der Waals surface area contributed by atoms with Crippen LogP contribution < -0.4 is 0 Å². The van der Waals surface area contributed by atoms with Crippen LogP contribution in [0.2, 0.25) is 0 Å². The van der Waals surface area contributed by atoms with Crippen molar-refractivity contribution in [2.45, 2.75) is 23.2 Å². The first kappa shape index (κ1) is 12.1. The Morgan fingerprint density at radius 3 is 2.08 bits per heavy atom. The molecule has 0 aliphatic rings. The van der Waals surface area contributed by atoms with Gasteiger partial charge in [0.15, 0.2) is 0 Å². The predicted octanol–water partition coefficient (Wildman–Crippen LogP) is 2.86. The van der Waals surface area contributed by atoms with Crippen molar-refractivity contribution in [1.29, 1.82) is 0 Å². The molecule has 0 rings (SSSR count). The van der Waals surface area contributed by atoms with Crippen LogP contribution in [0.5, 0.6) is 0 Å². The highest BCUT2D eigenvalue weighted by atomic mass is 35.6. The molecular weight excluding hydrogens is 222 g/mol. The molecule has 0 aliphatic carbocycles. The zero-order chi connectivity index (χ0) is 9.99. The minimum absolute atomic E-state index is 0.818. The van der Waals surface area contributed by atoms with Crippen molar-refractivity contribution in [3.8, 4) is 0 Å². The quantitative estimate of drug-likeness (QED) is 0.415. The van der Waals surface area contributed by atoms with Crippen molar-refractivity contribution in [2.24, 2.45) is 0 Å². The first-order valence-electron chi connectivity index (χ1n) is 3.13. The molecule has 0 saturated heterocycles. The van der Waals surface area contributed by atoms with E-state index in [1.807, 2.05) is 0 Å². The summed E-state index contributed by atoms with van der Waals surface area (Å²) in [6, 6.07) is 0. The standard InChI is InChI=1S/C7H9Cl3O2/c1-4-6(2,3)12-5(11)7(8,9)10/h4H,1H2,2-3H3. The Morgan fingerprint density at radius 2 is 1.83 bits per heavy atom. The van der Waals surface area contributed by atoms with E-state index < -0.39 is 15.4 Å². The average Bonchev–Trinajstić information content (AvgIpc) is 1.85. The number of halogens is 3. The molecule has 0 radical (unpaired) electrons. The van der Waals surface area contributed by atoms with E-state index >= 15 is 0 Å². The van der Waals surface area contributed by atoms with E-state index in [1.54, 1.807) is 13.8 Å². The fourth-order valence-corrected chi connectivity index (χ4v) is 0.454. The van der Waals surface area contributed by atoms with Crippen molar-refractivity contribution in [3.05, 3.63) is 12.7 Å². The van der Waals surface area contributed by atoms with Gasteiger partial charge >= 0.3 is 5.97 Å². The lowest BCUT2D eigenvalue weighted by atomic mass is 10.1. The van der Waals surface area contributed by atoms with Gasteiger partial charge in [0.1, 0.15) is 5.60 Å². The van der Waals surface area contributed by atoms with Crippen molar-refractivity contribution < 1.29 is 9.53 Å². The molecule has 0 aromatic carbocycles. The summed E-state index contributed by atoms with van der Waals surface area (Å²) < 4.78 is 2.77. The van der Waals surface area contributed by atoms with Crippen LogP contribution in [-0.2, 0) is 9.53 Å². The molecule has 0 spiro atoms. The summed E-state index contributed by atoms with van der Waals surface area (Å²) in [5, 5.41) is 0. The molecule has 0 fully saturated rings. The Kier molecular flexibility index (Phi) is 3.88. The third-order valence-electron chi connectivity index (χ3n) is 1.08. The van der Waals surface area contributed by atoms with Crippen LogP contribution in [0.25, 0.3) is 0 Å². The van der Waals surface area contributed by atoms with Crippen molar-refractivity contribution in [1.82, 2.24) is 0 Å². The third kappa shape index (κ3) is 4.19. The van der Waals surface area contributed by atoms with E-state index in [9.17, 15) is 4.79 Å². The highest BCUT2D eigenvalue weighted by Gasteiger charge is 2.35. The summed E-state index contributed by atoms with van der Waals surface area (Å²) in [4.78, 5) is 11.0. The lowest BCUT2D eigenvalue weighted by Gasteiger charge is -2.22. The Morgan fingerprint density at radius 1 is 1.42 bits per heavy atom. The highest BCUT2D eigenvalue weighted by Crippen LogP contribution is 2.29. The van der Waals surface area contributed by atoms with Gasteiger partial charge in [-0.15, -0.1) is 0 Å². The molecular formula is C7H9Cl3O2. The molecule has 0 aromatic heterocycles. The second kappa shape index (κ2) is 3.86. The molecule has 0 aromatic rings. The number of carbonyl (C=O) groups excluding carboxylic acids is 1. The van der Waals surface area contributed by atoms with Crippen LogP contribution in [0.3, 0.4) is 0 Å². The molecule has 12 heavy (non-hydrogen) atoms. The number of carbonyl (C=O) groups is 1. The maximum atomic E-state index is 11.0. The van der Waals surface area contributed by atoms with Crippen molar-refractivity contribution >= 4 is 40.8 Å². The second-order valence-corrected chi connectivity index (χ2v) is 4.98. The monoisotopic (exact) mass is 230 g/mol. The van der Waals surface area contributed by atoms with Gasteiger partial charge in [0.25, 0.3) is 3.79 Å². The fraction of sp³-hybridized carbons (Fsp3) is 0.571. The molecule has 70 valence electrons. The van der Waals surface area contributed by atoms with E-state index in [0.29, 0.717) is 0 Å². The van der Waals surface area contributed by atoms with Crippen LogP contribution in [0.4, 0.5) is 0 Å². The van der Waals surface area contributed by atoms with Gasteiger partial charge < -0.3 is 4.74 Å². The Labute approximate surface area is 86.4 Å². The van der Waals surface area contributed by atoms with Gasteiger partial charge in [-0.1, -0.05) is 41.4 Å². The molecule has 0 amide bonds. The lowest BCUT2D eigenvalue weighted by molar-refractivity contribution is -0.151. The summed E-state index contributed by atoms with van der Waals surface area (Å²) in [5.74, 6) is -0.905. The lowest BCUT2D eigenvalue weighted by Crippen LogP contribution is -2.32.